The Morgan fingerprint density at radius 3 is 2.31 bits per heavy atom. The second-order valence-corrected chi connectivity index (χ2v) is 5.20. The monoisotopic (exact) mass is 245 g/mol. The summed E-state index contributed by atoms with van der Waals surface area (Å²) in [4.78, 5) is 35.0. The zero-order chi connectivity index (χ0) is 12.5. The van der Waals surface area contributed by atoms with Gasteiger partial charge in [0.2, 0.25) is 5.91 Å². The van der Waals surface area contributed by atoms with Crippen LogP contribution in [0.3, 0.4) is 0 Å². The van der Waals surface area contributed by atoms with E-state index in [1.165, 1.54) is 37.6 Å². The van der Waals surface area contributed by atoms with Gasteiger partial charge < -0.3 is 9.64 Å². The lowest BCUT2D eigenvalue weighted by atomic mass is 10.1. The third-order valence-corrected chi connectivity index (χ3v) is 4.29. The quantitative estimate of drug-likeness (QED) is 0.660. The molecule has 1 aliphatic rings. The van der Waals surface area contributed by atoms with Gasteiger partial charge in [-0.15, -0.1) is 11.8 Å². The maximum absolute atomic E-state index is 11.6. The molecule has 0 N–H and O–H groups in total. The van der Waals surface area contributed by atoms with E-state index in [9.17, 15) is 14.4 Å². The molecule has 0 saturated carbocycles. The number of nitrogens with zero attached hydrogens (tertiary/aromatic N) is 1. The Hall–Kier alpha value is -1.04. The van der Waals surface area contributed by atoms with E-state index in [0.29, 0.717) is 5.75 Å². The van der Waals surface area contributed by atoms with Crippen molar-refractivity contribution in [3.8, 4) is 0 Å². The van der Waals surface area contributed by atoms with Crippen molar-refractivity contribution in [2.45, 2.75) is 31.7 Å². The Balaban J connectivity index is 3.07. The zero-order valence-corrected chi connectivity index (χ0v) is 10.6. The predicted molar refractivity (Wildman–Crippen MR) is 59.9 cm³/mol. The van der Waals surface area contributed by atoms with E-state index in [2.05, 4.69) is 4.74 Å². The van der Waals surface area contributed by atoms with Crippen LogP contribution in [-0.2, 0) is 19.1 Å². The van der Waals surface area contributed by atoms with Crippen LogP contribution in [0.4, 0.5) is 0 Å². The molecule has 0 bridgehead atoms. The lowest BCUT2D eigenvalue weighted by Gasteiger charge is -2.33. The fraction of sp³-hybridized carbons (Fsp3) is 0.700. The first-order valence-electron chi connectivity index (χ1n) is 4.87. The van der Waals surface area contributed by atoms with Gasteiger partial charge in [-0.05, 0) is 13.8 Å². The van der Waals surface area contributed by atoms with Crippen LogP contribution in [-0.4, -0.2) is 46.3 Å². The summed E-state index contributed by atoms with van der Waals surface area (Å²) in [6.07, 6.45) is 0. The van der Waals surface area contributed by atoms with E-state index in [1.807, 2.05) is 0 Å². The van der Waals surface area contributed by atoms with Gasteiger partial charge in [0.15, 0.2) is 5.78 Å². The van der Waals surface area contributed by atoms with Crippen molar-refractivity contribution in [2.24, 2.45) is 0 Å². The molecule has 1 amide bonds. The molecule has 90 valence electrons. The molecule has 0 aromatic rings. The number of rotatable bonds is 2. The zero-order valence-electron chi connectivity index (χ0n) is 9.77. The third-order valence-electron chi connectivity index (χ3n) is 2.76. The molecule has 2 unspecified atom stereocenters. The van der Waals surface area contributed by atoms with E-state index < -0.39 is 16.9 Å². The maximum atomic E-state index is 11.6. The van der Waals surface area contributed by atoms with E-state index in [4.69, 9.17) is 0 Å². The number of thioether (sulfide) groups is 1. The molecule has 1 heterocycles. The molecule has 1 saturated heterocycles. The molecule has 0 aromatic heterocycles. The highest BCUT2D eigenvalue weighted by molar-refractivity contribution is 8.01. The highest BCUT2D eigenvalue weighted by Gasteiger charge is 2.51. The van der Waals surface area contributed by atoms with Gasteiger partial charge in [-0.3, -0.25) is 9.59 Å². The fourth-order valence-electron chi connectivity index (χ4n) is 1.78. The number of carbonyl (C=O) groups excluding carboxylic acids is 3. The highest BCUT2D eigenvalue weighted by Crippen LogP contribution is 2.40. The van der Waals surface area contributed by atoms with E-state index >= 15 is 0 Å². The van der Waals surface area contributed by atoms with Crippen molar-refractivity contribution in [3.63, 3.8) is 0 Å². The van der Waals surface area contributed by atoms with Gasteiger partial charge in [-0.1, -0.05) is 0 Å². The molecule has 1 fully saturated rings. The van der Waals surface area contributed by atoms with E-state index in [-0.39, 0.29) is 11.7 Å². The summed E-state index contributed by atoms with van der Waals surface area (Å²) >= 11 is 1.30. The molecular formula is C10H15NO4S. The number of ether oxygens (including phenoxy) is 1. The molecule has 6 heteroatoms. The van der Waals surface area contributed by atoms with Crippen molar-refractivity contribution >= 4 is 29.4 Å². The summed E-state index contributed by atoms with van der Waals surface area (Å²) in [6.45, 7) is 4.43. The van der Waals surface area contributed by atoms with Crippen molar-refractivity contribution in [1.82, 2.24) is 4.90 Å². The molecule has 0 aromatic carbocycles. The summed E-state index contributed by atoms with van der Waals surface area (Å²) in [5.74, 6) is -0.521. The summed E-state index contributed by atoms with van der Waals surface area (Å²) in [5, 5.41) is 0. The van der Waals surface area contributed by atoms with Crippen LogP contribution in [0, 0.1) is 0 Å². The first-order valence-corrected chi connectivity index (χ1v) is 5.86. The summed E-state index contributed by atoms with van der Waals surface area (Å²) in [7, 11) is 1.27. The average Bonchev–Trinajstić information content (AvgIpc) is 2.56. The van der Waals surface area contributed by atoms with Crippen LogP contribution in [0.1, 0.15) is 20.8 Å². The predicted octanol–water partition coefficient (Wildman–Crippen LogP) is 0.428. The van der Waals surface area contributed by atoms with Crippen LogP contribution in [0.2, 0.25) is 0 Å². The van der Waals surface area contributed by atoms with Gasteiger partial charge in [0.05, 0.1) is 7.11 Å². The van der Waals surface area contributed by atoms with Crippen LogP contribution in [0.5, 0.6) is 0 Å². The van der Waals surface area contributed by atoms with Gasteiger partial charge in [0, 0.05) is 12.7 Å². The van der Waals surface area contributed by atoms with E-state index in [0.717, 1.165) is 0 Å². The number of Topliss-reactive ketones (excluding diaryl/α,β-unsaturated/α-hetero) is 1. The first kappa shape index (κ1) is 13.0. The highest BCUT2D eigenvalue weighted by atomic mass is 32.2. The second kappa shape index (κ2) is 4.45. The molecule has 5 nitrogen and oxygen atoms in total. The van der Waals surface area contributed by atoms with E-state index in [1.54, 1.807) is 6.92 Å². The second-order valence-electron chi connectivity index (χ2n) is 3.78. The maximum Gasteiger partial charge on any atom is 0.329 e. The van der Waals surface area contributed by atoms with Gasteiger partial charge in [0.25, 0.3) is 0 Å². The number of carbonyl (C=O) groups is 3. The summed E-state index contributed by atoms with van der Waals surface area (Å²) in [5.41, 5.74) is 0. The Bertz CT molecular complexity index is 344. The molecule has 1 aliphatic heterocycles. The first-order chi connectivity index (χ1) is 7.34. The molecule has 0 spiro atoms. The van der Waals surface area contributed by atoms with Crippen molar-refractivity contribution in [3.05, 3.63) is 0 Å². The van der Waals surface area contributed by atoms with Gasteiger partial charge in [-0.25, -0.2) is 4.79 Å². The Kier molecular flexibility index (Phi) is 3.62. The molecule has 16 heavy (non-hydrogen) atoms. The number of amides is 1. The standard InChI is InChI=1S/C10H15NO4S/c1-6(12)10(3)11(7(2)13)8(5-16-10)9(14)15-4/h8H,5H2,1-4H3. The number of hydrogen-bond acceptors (Lipinski definition) is 5. The topological polar surface area (TPSA) is 63.7 Å². The average molecular weight is 245 g/mol. The Labute approximate surface area is 98.5 Å². The van der Waals surface area contributed by atoms with Crippen molar-refractivity contribution < 1.29 is 19.1 Å². The van der Waals surface area contributed by atoms with Crippen LogP contribution in [0.25, 0.3) is 0 Å². The normalized spacial score (nSPS) is 29.0. The van der Waals surface area contributed by atoms with Crippen LogP contribution >= 0.6 is 11.8 Å². The Morgan fingerprint density at radius 1 is 1.38 bits per heavy atom. The van der Waals surface area contributed by atoms with Gasteiger partial charge in [-0.2, -0.15) is 0 Å². The molecule has 2 atom stereocenters. The number of esters is 1. The van der Waals surface area contributed by atoms with Crippen molar-refractivity contribution in [1.29, 1.82) is 0 Å². The summed E-state index contributed by atoms with van der Waals surface area (Å²) < 4.78 is 4.63. The van der Waals surface area contributed by atoms with Gasteiger partial charge >= 0.3 is 5.97 Å². The summed E-state index contributed by atoms with van der Waals surface area (Å²) in [6, 6.07) is -0.665. The lowest BCUT2D eigenvalue weighted by Crippen LogP contribution is -2.53. The Morgan fingerprint density at radius 2 is 1.94 bits per heavy atom. The lowest BCUT2D eigenvalue weighted by molar-refractivity contribution is -0.154. The minimum Gasteiger partial charge on any atom is -0.467 e. The largest absolute Gasteiger partial charge is 0.467 e. The van der Waals surface area contributed by atoms with Crippen LogP contribution in [0.15, 0.2) is 0 Å². The minimum absolute atomic E-state index is 0.140. The molecule has 1 rings (SSSR count). The number of hydrogen-bond donors (Lipinski definition) is 0. The molecule has 0 aliphatic carbocycles. The van der Waals surface area contributed by atoms with Crippen molar-refractivity contribution in [2.75, 3.05) is 12.9 Å². The smallest absolute Gasteiger partial charge is 0.329 e. The van der Waals surface area contributed by atoms with Gasteiger partial charge in [0.1, 0.15) is 10.9 Å². The SMILES string of the molecule is COC(=O)C1CSC(C)(C(C)=O)N1C(C)=O. The molecular weight excluding hydrogens is 230 g/mol. The fourth-order valence-corrected chi connectivity index (χ4v) is 3.15. The number of ketones is 1. The third kappa shape index (κ3) is 1.93. The molecule has 0 radical (unpaired) electrons. The minimum atomic E-state index is -0.954. The van der Waals surface area contributed by atoms with Crippen LogP contribution < -0.4 is 0 Å². The number of methoxy groups -OCH3 is 1.